The summed E-state index contributed by atoms with van der Waals surface area (Å²) in [7, 11) is 0. The van der Waals surface area contributed by atoms with Crippen LogP contribution in [0.5, 0.6) is 5.75 Å². The van der Waals surface area contributed by atoms with Crippen LogP contribution in [-0.4, -0.2) is 12.8 Å². The van der Waals surface area contributed by atoms with Crippen LogP contribution in [0.1, 0.15) is 34.7 Å². The fourth-order valence-electron chi connectivity index (χ4n) is 3.82. The third kappa shape index (κ3) is 6.42. The highest BCUT2D eigenvalue weighted by Crippen LogP contribution is 2.24. The molecule has 0 amide bonds. The molecule has 0 aliphatic rings. The first-order valence-electron chi connectivity index (χ1n) is 11.5. The Labute approximate surface area is 206 Å². The van der Waals surface area contributed by atoms with Crippen LogP contribution < -0.4 is 4.74 Å². The highest BCUT2D eigenvalue weighted by molar-refractivity contribution is 5.85. The summed E-state index contributed by atoms with van der Waals surface area (Å²) < 4.78 is 70.3. The molecule has 4 rings (SSSR count). The lowest BCUT2D eigenvalue weighted by molar-refractivity contribution is -0.153. The van der Waals surface area contributed by atoms with Gasteiger partial charge in [0.1, 0.15) is 5.82 Å². The van der Waals surface area contributed by atoms with Gasteiger partial charge in [-0.25, -0.2) is 8.78 Å². The number of rotatable bonds is 6. The number of aryl methyl sites for hydroxylation is 3. The topological polar surface area (TPSA) is 9.23 Å². The van der Waals surface area contributed by atoms with Crippen molar-refractivity contribution in [3.8, 4) is 17.6 Å². The van der Waals surface area contributed by atoms with Gasteiger partial charge in [0.2, 0.25) is 0 Å². The Hall–Kier alpha value is -3.85. The van der Waals surface area contributed by atoms with E-state index in [2.05, 4.69) is 47.8 Å². The maximum absolute atomic E-state index is 15.1. The smallest absolute Gasteiger partial charge is 0.422 e. The lowest BCUT2D eigenvalue weighted by Gasteiger charge is -2.09. The number of hydrogen-bond donors (Lipinski definition) is 0. The highest BCUT2D eigenvalue weighted by Gasteiger charge is 2.28. The zero-order chi connectivity index (χ0) is 25.7. The predicted molar refractivity (Wildman–Crippen MR) is 131 cm³/mol. The number of alkyl halides is 3. The minimum absolute atomic E-state index is 0.143. The first-order chi connectivity index (χ1) is 17.2. The zero-order valence-electron chi connectivity index (χ0n) is 19.6. The third-order valence-electron chi connectivity index (χ3n) is 5.82. The molecule has 0 fully saturated rings. The van der Waals surface area contributed by atoms with Gasteiger partial charge >= 0.3 is 6.18 Å². The Balaban J connectivity index is 1.47. The van der Waals surface area contributed by atoms with Crippen molar-refractivity contribution in [2.24, 2.45) is 0 Å². The maximum atomic E-state index is 15.1. The Morgan fingerprint density at radius 3 is 2.14 bits per heavy atom. The Morgan fingerprint density at radius 2 is 1.44 bits per heavy atom. The van der Waals surface area contributed by atoms with E-state index in [-0.39, 0.29) is 11.1 Å². The number of benzene rings is 4. The molecule has 0 heterocycles. The summed E-state index contributed by atoms with van der Waals surface area (Å²) in [5.74, 6) is 3.36. The summed E-state index contributed by atoms with van der Waals surface area (Å²) in [5.41, 5.74) is 3.98. The van der Waals surface area contributed by atoms with Crippen LogP contribution >= 0.6 is 0 Å². The molecule has 0 saturated heterocycles. The first kappa shape index (κ1) is 25.2. The minimum atomic E-state index is -4.57. The molecule has 4 aromatic rings. The average Bonchev–Trinajstić information content (AvgIpc) is 2.86. The van der Waals surface area contributed by atoms with Gasteiger partial charge in [0, 0.05) is 10.9 Å². The van der Waals surface area contributed by atoms with Gasteiger partial charge in [0.05, 0.1) is 5.56 Å². The van der Waals surface area contributed by atoms with Crippen molar-refractivity contribution in [2.45, 2.75) is 32.4 Å². The van der Waals surface area contributed by atoms with Crippen molar-refractivity contribution in [1.29, 1.82) is 0 Å². The summed E-state index contributed by atoms with van der Waals surface area (Å²) in [4.78, 5) is 0. The van der Waals surface area contributed by atoms with Crippen molar-refractivity contribution in [3.63, 3.8) is 0 Å². The Kier molecular flexibility index (Phi) is 7.59. The van der Waals surface area contributed by atoms with Crippen LogP contribution in [0.25, 0.3) is 10.8 Å². The third-order valence-corrected chi connectivity index (χ3v) is 5.82. The maximum Gasteiger partial charge on any atom is 0.422 e. The predicted octanol–water partition coefficient (Wildman–Crippen LogP) is 7.81. The van der Waals surface area contributed by atoms with E-state index in [9.17, 15) is 17.6 Å². The molecule has 4 aromatic carbocycles. The van der Waals surface area contributed by atoms with E-state index < -0.39 is 30.2 Å². The van der Waals surface area contributed by atoms with Crippen molar-refractivity contribution < 1.29 is 26.7 Å². The average molecular weight is 495 g/mol. The molecule has 0 spiro atoms. The molecule has 0 aliphatic heterocycles. The fraction of sp³-hybridized carbons (Fsp3) is 0.200. The van der Waals surface area contributed by atoms with Crippen LogP contribution in [0.4, 0.5) is 22.0 Å². The van der Waals surface area contributed by atoms with Gasteiger partial charge in [0.15, 0.2) is 18.2 Å². The molecule has 0 aliphatic carbocycles. The molecule has 0 atom stereocenters. The highest BCUT2D eigenvalue weighted by atomic mass is 19.4. The number of fused-ring (bicyclic) bond motifs is 1. The Morgan fingerprint density at radius 1 is 0.750 bits per heavy atom. The fourth-order valence-corrected chi connectivity index (χ4v) is 3.82. The molecule has 0 saturated carbocycles. The number of halogens is 5. The minimum Gasteiger partial charge on any atom is -0.481 e. The molecular weight excluding hydrogens is 471 g/mol. The molecular formula is C30H23F5O. The van der Waals surface area contributed by atoms with Gasteiger partial charge in [-0.2, -0.15) is 13.2 Å². The standard InChI is InChI=1S/C30H23F5O/c1-2-20-3-5-21(6-4-20)7-8-22-10-15-26-25(17-22)14-13-24(29(26)32)12-9-23-11-16-28(27(31)18-23)36-19-30(33,34)35/h3-6,10-11,13-18H,2,7-8,19H2,1H3. The lowest BCUT2D eigenvalue weighted by atomic mass is 9.99. The molecule has 0 aromatic heterocycles. The van der Waals surface area contributed by atoms with E-state index in [1.165, 1.54) is 17.2 Å². The molecule has 0 unspecified atom stereocenters. The summed E-state index contributed by atoms with van der Waals surface area (Å²) in [6.07, 6.45) is -1.84. The van der Waals surface area contributed by atoms with E-state index in [4.69, 9.17) is 0 Å². The second-order valence-electron chi connectivity index (χ2n) is 8.45. The Bertz CT molecular complexity index is 1430. The summed E-state index contributed by atoms with van der Waals surface area (Å²) in [6.45, 7) is 0.531. The second-order valence-corrected chi connectivity index (χ2v) is 8.45. The molecule has 0 bridgehead atoms. The normalized spacial score (nSPS) is 11.3. The van der Waals surface area contributed by atoms with Crippen LogP contribution in [0.3, 0.4) is 0 Å². The molecule has 6 heteroatoms. The molecule has 0 N–H and O–H groups in total. The SMILES string of the molecule is CCc1ccc(CCc2ccc3c(F)c(C#Cc4ccc(OCC(F)(F)F)c(F)c4)ccc3c2)cc1. The second kappa shape index (κ2) is 10.8. The van der Waals surface area contributed by atoms with E-state index in [0.29, 0.717) is 5.39 Å². The van der Waals surface area contributed by atoms with E-state index in [0.717, 1.165) is 42.3 Å². The van der Waals surface area contributed by atoms with Gasteiger partial charge in [-0.3, -0.25) is 0 Å². The number of hydrogen-bond acceptors (Lipinski definition) is 1. The summed E-state index contributed by atoms with van der Waals surface area (Å²) in [6, 6.07) is 20.9. The molecule has 1 nitrogen and oxygen atoms in total. The van der Waals surface area contributed by atoms with Crippen molar-refractivity contribution in [1.82, 2.24) is 0 Å². The van der Waals surface area contributed by atoms with Crippen LogP contribution in [0, 0.1) is 23.5 Å². The van der Waals surface area contributed by atoms with Gasteiger partial charge in [0.25, 0.3) is 0 Å². The summed E-state index contributed by atoms with van der Waals surface area (Å²) >= 11 is 0. The van der Waals surface area contributed by atoms with Crippen molar-refractivity contribution in [2.75, 3.05) is 6.61 Å². The zero-order valence-corrected chi connectivity index (χ0v) is 19.6. The number of ether oxygens (including phenoxy) is 1. The monoisotopic (exact) mass is 494 g/mol. The van der Waals surface area contributed by atoms with Gasteiger partial charge in [-0.15, -0.1) is 0 Å². The van der Waals surface area contributed by atoms with Crippen molar-refractivity contribution >= 4 is 10.8 Å². The van der Waals surface area contributed by atoms with E-state index in [1.54, 1.807) is 18.2 Å². The van der Waals surface area contributed by atoms with Gasteiger partial charge in [-0.05, 0) is 65.6 Å². The quantitative estimate of drug-likeness (QED) is 0.196. The summed E-state index contributed by atoms with van der Waals surface area (Å²) in [5, 5.41) is 1.19. The lowest BCUT2D eigenvalue weighted by Crippen LogP contribution is -2.19. The first-order valence-corrected chi connectivity index (χ1v) is 11.5. The van der Waals surface area contributed by atoms with Crippen LogP contribution in [-0.2, 0) is 19.3 Å². The van der Waals surface area contributed by atoms with Gasteiger partial charge < -0.3 is 4.74 Å². The molecule has 184 valence electrons. The van der Waals surface area contributed by atoms with Crippen LogP contribution in [0.15, 0.2) is 72.8 Å². The van der Waals surface area contributed by atoms with E-state index in [1.807, 2.05) is 12.1 Å². The van der Waals surface area contributed by atoms with Crippen LogP contribution in [0.2, 0.25) is 0 Å². The largest absolute Gasteiger partial charge is 0.481 e. The molecule has 36 heavy (non-hydrogen) atoms. The van der Waals surface area contributed by atoms with Crippen molar-refractivity contribution in [3.05, 3.63) is 112 Å². The van der Waals surface area contributed by atoms with E-state index >= 15 is 4.39 Å². The molecule has 0 radical (unpaired) electrons. The van der Waals surface area contributed by atoms with Gasteiger partial charge in [-0.1, -0.05) is 67.3 Å².